The van der Waals surface area contributed by atoms with Gasteiger partial charge in [0.25, 0.3) is 5.91 Å². The van der Waals surface area contributed by atoms with Crippen molar-refractivity contribution < 1.29 is 13.9 Å². The number of halogens is 1. The van der Waals surface area contributed by atoms with Crippen molar-refractivity contribution in [3.05, 3.63) is 65.5 Å². The Hall–Kier alpha value is -3.60. The first-order valence-electron chi connectivity index (χ1n) is 10.6. The second-order valence-corrected chi connectivity index (χ2v) is 7.90. The van der Waals surface area contributed by atoms with Crippen LogP contribution in [-0.2, 0) is 5.41 Å². The first-order valence-corrected chi connectivity index (χ1v) is 10.6. The lowest BCUT2D eigenvalue weighted by molar-refractivity contribution is 0.0932. The van der Waals surface area contributed by atoms with Crippen molar-refractivity contribution in [2.24, 2.45) is 4.99 Å². The molecular formula is C24H28FN5O2. The molecule has 0 aliphatic heterocycles. The van der Waals surface area contributed by atoms with Gasteiger partial charge < -0.3 is 20.7 Å². The maximum Gasteiger partial charge on any atom is 0.255 e. The molecule has 7 nitrogen and oxygen atoms in total. The van der Waals surface area contributed by atoms with Crippen molar-refractivity contribution >= 4 is 11.9 Å². The van der Waals surface area contributed by atoms with Crippen LogP contribution in [0.4, 0.5) is 4.39 Å². The number of aliphatic imine (C=N–C) groups is 1. The summed E-state index contributed by atoms with van der Waals surface area (Å²) in [7, 11) is 3.24. The molecule has 0 radical (unpaired) electrons. The van der Waals surface area contributed by atoms with Crippen LogP contribution in [0.15, 0.2) is 53.5 Å². The molecule has 0 aromatic heterocycles. The zero-order chi connectivity index (χ0) is 23.0. The second-order valence-electron chi connectivity index (χ2n) is 7.90. The van der Waals surface area contributed by atoms with Crippen molar-refractivity contribution in [2.45, 2.75) is 37.1 Å². The van der Waals surface area contributed by atoms with Gasteiger partial charge in [-0.2, -0.15) is 5.26 Å². The molecule has 2 aromatic rings. The quantitative estimate of drug-likeness (QED) is 0.367. The first kappa shape index (κ1) is 23.1. The van der Waals surface area contributed by atoms with E-state index in [0.717, 1.165) is 31.2 Å². The summed E-state index contributed by atoms with van der Waals surface area (Å²) in [5.41, 5.74) is 0.936. The number of methoxy groups -OCH3 is 1. The number of nitrogens with one attached hydrogen (secondary N) is 3. The highest BCUT2D eigenvalue weighted by atomic mass is 19.1. The van der Waals surface area contributed by atoms with Crippen molar-refractivity contribution in [1.29, 1.82) is 5.26 Å². The molecular weight excluding hydrogens is 409 g/mol. The SMILES string of the molecule is CN/C(=N\C#N)N[C@H]1CC[C@](CNC(=O)c2ccccc2OC)(c2cccc(F)c2)CC1. The normalized spacial score (nSPS) is 20.7. The summed E-state index contributed by atoms with van der Waals surface area (Å²) in [4.78, 5) is 16.6. The number of rotatable bonds is 6. The number of para-hydroxylation sites is 1. The van der Waals surface area contributed by atoms with E-state index in [9.17, 15) is 9.18 Å². The summed E-state index contributed by atoms with van der Waals surface area (Å²) < 4.78 is 19.4. The lowest BCUT2D eigenvalue weighted by Gasteiger charge is -2.41. The Morgan fingerprint density at radius 1 is 1.25 bits per heavy atom. The zero-order valence-corrected chi connectivity index (χ0v) is 18.3. The van der Waals surface area contributed by atoms with E-state index < -0.39 is 5.41 Å². The lowest BCUT2D eigenvalue weighted by atomic mass is 9.68. The number of carbonyl (C=O) groups excluding carboxylic acids is 1. The van der Waals surface area contributed by atoms with E-state index in [1.165, 1.54) is 13.2 Å². The van der Waals surface area contributed by atoms with E-state index in [-0.39, 0.29) is 17.8 Å². The third kappa shape index (κ3) is 5.35. The summed E-state index contributed by atoms with van der Waals surface area (Å²) in [5, 5.41) is 18.0. The summed E-state index contributed by atoms with van der Waals surface area (Å²) >= 11 is 0. The van der Waals surface area contributed by atoms with Gasteiger partial charge in [-0.15, -0.1) is 4.99 Å². The van der Waals surface area contributed by atoms with E-state index in [0.29, 0.717) is 23.8 Å². The molecule has 1 saturated carbocycles. The summed E-state index contributed by atoms with van der Waals surface area (Å²) in [6.45, 7) is 0.380. The number of nitriles is 1. The van der Waals surface area contributed by atoms with E-state index in [1.54, 1.807) is 43.6 Å². The molecule has 1 aliphatic rings. The predicted octanol–water partition coefficient (Wildman–Crippen LogP) is 3.09. The van der Waals surface area contributed by atoms with E-state index in [1.807, 2.05) is 12.1 Å². The average Bonchev–Trinajstić information content (AvgIpc) is 2.83. The Labute approximate surface area is 187 Å². The number of nitrogens with zero attached hydrogens (tertiary/aromatic N) is 2. The summed E-state index contributed by atoms with van der Waals surface area (Å²) in [6, 6.07) is 13.8. The monoisotopic (exact) mass is 437 g/mol. The standard InChI is InChI=1S/C24H28FN5O2/c1-27-23(29-16-26)30-19-10-12-24(13-11-19,17-6-5-7-18(25)14-17)15-28-22(31)20-8-3-4-9-21(20)32-2/h3-9,14,19H,10-13,15H2,1-2H3,(H,28,31)(H2,27,29,30)/t19-,24-. The number of benzene rings is 2. The Kier molecular flexibility index (Phi) is 7.66. The lowest BCUT2D eigenvalue weighted by Crippen LogP contribution is -2.49. The van der Waals surface area contributed by atoms with Gasteiger partial charge in [0.05, 0.1) is 12.7 Å². The molecule has 0 saturated heterocycles. The fourth-order valence-electron chi connectivity index (χ4n) is 4.28. The molecule has 8 heteroatoms. The molecule has 32 heavy (non-hydrogen) atoms. The molecule has 0 heterocycles. The third-order valence-electron chi connectivity index (χ3n) is 6.06. The zero-order valence-electron chi connectivity index (χ0n) is 18.3. The Morgan fingerprint density at radius 3 is 2.66 bits per heavy atom. The van der Waals surface area contributed by atoms with Gasteiger partial charge in [0.1, 0.15) is 11.6 Å². The Morgan fingerprint density at radius 2 is 2.00 bits per heavy atom. The van der Waals surface area contributed by atoms with Crippen LogP contribution in [0.1, 0.15) is 41.6 Å². The maximum absolute atomic E-state index is 14.1. The Balaban J connectivity index is 1.77. The Bertz CT molecular complexity index is 1010. The van der Waals surface area contributed by atoms with Crippen LogP contribution in [0.2, 0.25) is 0 Å². The highest BCUT2D eigenvalue weighted by Crippen LogP contribution is 2.39. The van der Waals surface area contributed by atoms with Crippen LogP contribution in [0, 0.1) is 17.3 Å². The third-order valence-corrected chi connectivity index (χ3v) is 6.06. The largest absolute Gasteiger partial charge is 0.496 e. The molecule has 168 valence electrons. The van der Waals surface area contributed by atoms with E-state index in [2.05, 4.69) is 20.9 Å². The molecule has 1 fully saturated rings. The van der Waals surface area contributed by atoms with Crippen LogP contribution in [0.25, 0.3) is 0 Å². The molecule has 0 atom stereocenters. The second kappa shape index (κ2) is 10.6. The van der Waals surface area contributed by atoms with Gasteiger partial charge in [-0.3, -0.25) is 4.79 Å². The average molecular weight is 438 g/mol. The van der Waals surface area contributed by atoms with Gasteiger partial charge in [0, 0.05) is 25.0 Å². The molecule has 3 rings (SSSR count). The molecule has 3 N–H and O–H groups in total. The maximum atomic E-state index is 14.1. The van der Waals surface area contributed by atoms with Gasteiger partial charge in [-0.25, -0.2) is 4.39 Å². The fourth-order valence-corrected chi connectivity index (χ4v) is 4.28. The summed E-state index contributed by atoms with van der Waals surface area (Å²) in [6.07, 6.45) is 4.83. The first-order chi connectivity index (χ1) is 15.5. The van der Waals surface area contributed by atoms with Crippen LogP contribution in [0.3, 0.4) is 0 Å². The van der Waals surface area contributed by atoms with Crippen molar-refractivity contribution in [3.8, 4) is 11.9 Å². The van der Waals surface area contributed by atoms with E-state index >= 15 is 0 Å². The number of hydrogen-bond donors (Lipinski definition) is 3. The van der Waals surface area contributed by atoms with Crippen LogP contribution < -0.4 is 20.7 Å². The number of ether oxygens (including phenoxy) is 1. The topological polar surface area (TPSA) is 98.5 Å². The van der Waals surface area contributed by atoms with Crippen molar-refractivity contribution in [3.63, 3.8) is 0 Å². The minimum atomic E-state index is -0.399. The number of guanidine groups is 1. The van der Waals surface area contributed by atoms with Gasteiger partial charge >= 0.3 is 0 Å². The van der Waals surface area contributed by atoms with Crippen LogP contribution >= 0.6 is 0 Å². The van der Waals surface area contributed by atoms with Gasteiger partial charge in [-0.1, -0.05) is 24.3 Å². The van der Waals surface area contributed by atoms with Crippen molar-refractivity contribution in [1.82, 2.24) is 16.0 Å². The number of carbonyl (C=O) groups is 1. The predicted molar refractivity (Wildman–Crippen MR) is 121 cm³/mol. The summed E-state index contributed by atoms with van der Waals surface area (Å²) in [5.74, 6) is 0.420. The minimum absolute atomic E-state index is 0.126. The fraction of sp³-hybridized carbons (Fsp3) is 0.375. The van der Waals surface area contributed by atoms with Gasteiger partial charge in [-0.05, 0) is 55.5 Å². The molecule has 2 aromatic carbocycles. The van der Waals surface area contributed by atoms with Crippen LogP contribution in [-0.4, -0.2) is 38.6 Å². The highest BCUT2D eigenvalue weighted by Gasteiger charge is 2.38. The molecule has 0 spiro atoms. The molecule has 1 aliphatic carbocycles. The van der Waals surface area contributed by atoms with Gasteiger partial charge in [0.2, 0.25) is 12.2 Å². The van der Waals surface area contributed by atoms with Crippen molar-refractivity contribution in [2.75, 3.05) is 20.7 Å². The highest BCUT2D eigenvalue weighted by molar-refractivity contribution is 5.97. The minimum Gasteiger partial charge on any atom is -0.496 e. The molecule has 0 unspecified atom stereocenters. The molecule has 1 amide bonds. The number of hydrogen-bond acceptors (Lipinski definition) is 4. The smallest absolute Gasteiger partial charge is 0.255 e. The molecule has 0 bridgehead atoms. The van der Waals surface area contributed by atoms with Gasteiger partial charge in [0.15, 0.2) is 0 Å². The van der Waals surface area contributed by atoms with E-state index in [4.69, 9.17) is 10.00 Å². The number of amides is 1. The van der Waals surface area contributed by atoms with Crippen LogP contribution in [0.5, 0.6) is 5.75 Å².